The predicted octanol–water partition coefficient (Wildman–Crippen LogP) is 3.08. The number of piperazine rings is 1. The van der Waals surface area contributed by atoms with Crippen LogP contribution in [0.4, 0.5) is 0 Å². The average molecular weight is 369 g/mol. The summed E-state index contributed by atoms with van der Waals surface area (Å²) in [4.78, 5) is 5.27. The van der Waals surface area contributed by atoms with E-state index in [2.05, 4.69) is 76.4 Å². The highest BCUT2D eigenvalue weighted by molar-refractivity contribution is 5.25. The Kier molecular flexibility index (Phi) is 5.28. The molecule has 146 valence electrons. The lowest BCUT2D eigenvalue weighted by Gasteiger charge is -2.41. The van der Waals surface area contributed by atoms with Crippen LogP contribution in [0.2, 0.25) is 0 Å². The third-order valence-corrected chi connectivity index (χ3v) is 6.04. The van der Waals surface area contributed by atoms with Crippen molar-refractivity contribution >= 4 is 0 Å². The summed E-state index contributed by atoms with van der Waals surface area (Å²) >= 11 is 0. The lowest BCUT2D eigenvalue weighted by molar-refractivity contribution is 0.0756. The monoisotopic (exact) mass is 368 g/mol. The van der Waals surface area contributed by atoms with Crippen LogP contribution < -0.4 is 0 Å². The Morgan fingerprint density at radius 1 is 0.963 bits per heavy atom. The van der Waals surface area contributed by atoms with Gasteiger partial charge in [0.15, 0.2) is 5.82 Å². The number of aromatic nitrogens is 4. The van der Waals surface area contributed by atoms with Gasteiger partial charge in [0.1, 0.15) is 0 Å². The average Bonchev–Trinajstić information content (AvgIpc) is 3.35. The van der Waals surface area contributed by atoms with Gasteiger partial charge in [0.05, 0.1) is 11.6 Å². The summed E-state index contributed by atoms with van der Waals surface area (Å²) in [5, 5.41) is 12.8. The molecule has 2 fully saturated rings. The first-order chi connectivity index (χ1) is 13.0. The lowest BCUT2D eigenvalue weighted by atomic mass is 10.0. The molecule has 0 bridgehead atoms. The van der Waals surface area contributed by atoms with Crippen molar-refractivity contribution in [2.45, 2.75) is 64.1 Å². The summed E-state index contributed by atoms with van der Waals surface area (Å²) in [7, 11) is 0. The molecular formula is C21H32N6. The molecule has 1 atom stereocenters. The van der Waals surface area contributed by atoms with Gasteiger partial charge in [-0.05, 0) is 49.6 Å². The molecule has 27 heavy (non-hydrogen) atoms. The number of rotatable bonds is 4. The number of hydrogen-bond acceptors (Lipinski definition) is 5. The lowest BCUT2D eigenvalue weighted by Crippen LogP contribution is -2.51. The van der Waals surface area contributed by atoms with Crippen LogP contribution in [0.25, 0.3) is 0 Å². The molecule has 1 aliphatic heterocycles. The molecule has 2 heterocycles. The molecule has 1 unspecified atom stereocenters. The normalized spacial score (nSPS) is 21.6. The first-order valence-corrected chi connectivity index (χ1v) is 10.4. The van der Waals surface area contributed by atoms with Crippen LogP contribution in [0.5, 0.6) is 0 Å². The topological polar surface area (TPSA) is 50.1 Å². The second-order valence-corrected chi connectivity index (χ2v) is 8.94. The van der Waals surface area contributed by atoms with Gasteiger partial charge in [-0.15, -0.1) is 5.10 Å². The van der Waals surface area contributed by atoms with Gasteiger partial charge in [-0.25, -0.2) is 4.68 Å². The van der Waals surface area contributed by atoms with Crippen LogP contribution >= 0.6 is 0 Å². The predicted molar refractivity (Wildman–Crippen MR) is 107 cm³/mol. The second kappa shape index (κ2) is 7.68. The molecular weight excluding hydrogens is 336 g/mol. The molecule has 1 aromatic heterocycles. The highest BCUT2D eigenvalue weighted by Gasteiger charge is 2.34. The van der Waals surface area contributed by atoms with Crippen LogP contribution in [0.15, 0.2) is 30.3 Å². The molecule has 0 amide bonds. The Balaban J connectivity index is 1.60. The minimum Gasteiger partial charge on any atom is -0.298 e. The van der Waals surface area contributed by atoms with Gasteiger partial charge >= 0.3 is 0 Å². The molecule has 2 aromatic rings. The van der Waals surface area contributed by atoms with Crippen molar-refractivity contribution < 1.29 is 0 Å². The van der Waals surface area contributed by atoms with E-state index in [0.717, 1.165) is 38.0 Å². The number of benzene rings is 1. The van der Waals surface area contributed by atoms with Crippen LogP contribution in [0, 0.1) is 0 Å². The molecule has 0 spiro atoms. The van der Waals surface area contributed by atoms with Crippen LogP contribution in [0.1, 0.15) is 63.9 Å². The van der Waals surface area contributed by atoms with Gasteiger partial charge in [0, 0.05) is 32.2 Å². The van der Waals surface area contributed by atoms with E-state index in [1.54, 1.807) is 0 Å². The zero-order valence-corrected chi connectivity index (χ0v) is 16.9. The summed E-state index contributed by atoms with van der Waals surface area (Å²) in [6.07, 6.45) is 5.56. The van der Waals surface area contributed by atoms with Gasteiger partial charge in [0.25, 0.3) is 0 Å². The van der Waals surface area contributed by atoms with E-state index in [1.807, 2.05) is 4.68 Å². The fourth-order valence-electron chi connectivity index (χ4n) is 4.63. The second-order valence-electron chi connectivity index (χ2n) is 8.94. The van der Waals surface area contributed by atoms with Crippen molar-refractivity contribution in [1.82, 2.24) is 30.0 Å². The quantitative estimate of drug-likeness (QED) is 0.830. The molecule has 1 aliphatic carbocycles. The van der Waals surface area contributed by atoms with Crippen molar-refractivity contribution in [3.05, 3.63) is 41.7 Å². The van der Waals surface area contributed by atoms with Crippen LogP contribution in [-0.2, 0) is 5.54 Å². The maximum atomic E-state index is 4.48. The SMILES string of the molecule is CC(C)(C)n1nnnc1C(c1ccccc1)N1CCN(C2CCCC2)CC1. The van der Waals surface area contributed by atoms with E-state index in [4.69, 9.17) is 0 Å². The van der Waals surface area contributed by atoms with Crippen LogP contribution in [-0.4, -0.2) is 62.2 Å². The highest BCUT2D eigenvalue weighted by atomic mass is 15.6. The Hall–Kier alpha value is -1.79. The van der Waals surface area contributed by atoms with E-state index in [-0.39, 0.29) is 11.6 Å². The third-order valence-electron chi connectivity index (χ3n) is 6.04. The molecule has 1 aromatic carbocycles. The smallest absolute Gasteiger partial charge is 0.173 e. The minimum atomic E-state index is -0.141. The molecule has 4 rings (SSSR count). The van der Waals surface area contributed by atoms with E-state index in [9.17, 15) is 0 Å². The number of nitrogens with zero attached hydrogens (tertiary/aromatic N) is 6. The zero-order valence-electron chi connectivity index (χ0n) is 16.9. The molecule has 2 aliphatic rings. The van der Waals surface area contributed by atoms with Crippen molar-refractivity contribution in [2.75, 3.05) is 26.2 Å². The molecule has 1 saturated carbocycles. The largest absolute Gasteiger partial charge is 0.298 e. The fraction of sp³-hybridized carbons (Fsp3) is 0.667. The van der Waals surface area contributed by atoms with Crippen molar-refractivity contribution in [2.24, 2.45) is 0 Å². The fourth-order valence-corrected chi connectivity index (χ4v) is 4.63. The van der Waals surface area contributed by atoms with Crippen molar-refractivity contribution in [3.8, 4) is 0 Å². The maximum Gasteiger partial charge on any atom is 0.173 e. The van der Waals surface area contributed by atoms with E-state index in [1.165, 1.54) is 31.2 Å². The van der Waals surface area contributed by atoms with Crippen molar-refractivity contribution in [1.29, 1.82) is 0 Å². The molecule has 6 heteroatoms. The van der Waals surface area contributed by atoms with Gasteiger partial charge in [-0.1, -0.05) is 43.2 Å². The standard InChI is InChI=1S/C21H32N6/c1-21(2,3)27-20(22-23-24-27)19(17-9-5-4-6-10-17)26-15-13-25(14-16-26)18-11-7-8-12-18/h4-6,9-10,18-19H,7-8,11-16H2,1-3H3. The molecule has 0 radical (unpaired) electrons. The van der Waals surface area contributed by atoms with Gasteiger partial charge in [-0.3, -0.25) is 9.80 Å². The number of tetrazole rings is 1. The maximum absolute atomic E-state index is 4.48. The Labute approximate surface area is 162 Å². The van der Waals surface area contributed by atoms with Crippen molar-refractivity contribution in [3.63, 3.8) is 0 Å². The van der Waals surface area contributed by atoms with Gasteiger partial charge in [-0.2, -0.15) is 0 Å². The zero-order chi connectivity index (χ0) is 18.9. The summed E-state index contributed by atoms with van der Waals surface area (Å²) < 4.78 is 1.99. The van der Waals surface area contributed by atoms with E-state index >= 15 is 0 Å². The number of hydrogen-bond donors (Lipinski definition) is 0. The van der Waals surface area contributed by atoms with Crippen LogP contribution in [0.3, 0.4) is 0 Å². The molecule has 1 saturated heterocycles. The Morgan fingerprint density at radius 2 is 1.63 bits per heavy atom. The molecule has 6 nitrogen and oxygen atoms in total. The first kappa shape index (κ1) is 18.6. The summed E-state index contributed by atoms with van der Waals surface area (Å²) in [6.45, 7) is 10.9. The third kappa shape index (κ3) is 3.92. The summed E-state index contributed by atoms with van der Waals surface area (Å²) in [6, 6.07) is 11.6. The molecule has 0 N–H and O–H groups in total. The Bertz CT molecular complexity index is 721. The highest BCUT2D eigenvalue weighted by Crippen LogP contribution is 2.31. The van der Waals surface area contributed by atoms with Gasteiger partial charge in [0.2, 0.25) is 0 Å². The summed E-state index contributed by atoms with van der Waals surface area (Å²) in [5.41, 5.74) is 1.13. The van der Waals surface area contributed by atoms with E-state index in [0.29, 0.717) is 0 Å². The van der Waals surface area contributed by atoms with Gasteiger partial charge < -0.3 is 0 Å². The Morgan fingerprint density at radius 3 is 2.26 bits per heavy atom. The first-order valence-electron chi connectivity index (χ1n) is 10.4. The minimum absolute atomic E-state index is 0.103. The van der Waals surface area contributed by atoms with E-state index < -0.39 is 0 Å². The summed E-state index contributed by atoms with van der Waals surface area (Å²) in [5.74, 6) is 0.947.